The molecular formula is C13H23NO3. The molecule has 0 bridgehead atoms. The Kier molecular flexibility index (Phi) is 4.54. The van der Waals surface area contributed by atoms with Crippen molar-refractivity contribution in [3.05, 3.63) is 0 Å². The third-order valence-electron chi connectivity index (χ3n) is 4.02. The maximum absolute atomic E-state index is 11.7. The van der Waals surface area contributed by atoms with Gasteiger partial charge in [0.1, 0.15) is 0 Å². The van der Waals surface area contributed by atoms with E-state index in [0.29, 0.717) is 31.2 Å². The van der Waals surface area contributed by atoms with Crippen molar-refractivity contribution in [1.82, 2.24) is 5.32 Å². The standard InChI is InChI=1S/C13H23NO3/c1-9(2)10(3)8-14-11(15)7-13(12(16)17)5-4-6-13/h9-10H,4-8H2,1-3H3,(H,14,15)(H,16,17). The summed E-state index contributed by atoms with van der Waals surface area (Å²) in [5.41, 5.74) is -0.773. The van der Waals surface area contributed by atoms with E-state index in [0.717, 1.165) is 6.42 Å². The van der Waals surface area contributed by atoms with Crippen LogP contribution in [0.5, 0.6) is 0 Å². The first kappa shape index (κ1) is 14.0. The molecular weight excluding hydrogens is 218 g/mol. The highest BCUT2D eigenvalue weighted by atomic mass is 16.4. The van der Waals surface area contributed by atoms with Crippen LogP contribution in [-0.2, 0) is 9.59 Å². The van der Waals surface area contributed by atoms with E-state index in [4.69, 9.17) is 5.11 Å². The predicted molar refractivity (Wildman–Crippen MR) is 65.5 cm³/mol. The predicted octanol–water partition coefficient (Wildman–Crippen LogP) is 2.04. The number of nitrogens with one attached hydrogen (secondary N) is 1. The topological polar surface area (TPSA) is 66.4 Å². The molecule has 1 rings (SSSR count). The Morgan fingerprint density at radius 2 is 1.88 bits per heavy atom. The number of carboxylic acid groups (broad SMARTS) is 1. The zero-order valence-electron chi connectivity index (χ0n) is 11.0. The van der Waals surface area contributed by atoms with Gasteiger partial charge in [-0.15, -0.1) is 0 Å². The molecule has 17 heavy (non-hydrogen) atoms. The first-order valence-electron chi connectivity index (χ1n) is 6.37. The number of amides is 1. The first-order valence-corrected chi connectivity index (χ1v) is 6.37. The van der Waals surface area contributed by atoms with Crippen LogP contribution in [0.1, 0.15) is 46.5 Å². The summed E-state index contributed by atoms with van der Waals surface area (Å²) in [5.74, 6) is -0.0102. The van der Waals surface area contributed by atoms with Crippen LogP contribution in [0.4, 0.5) is 0 Å². The quantitative estimate of drug-likeness (QED) is 0.748. The van der Waals surface area contributed by atoms with Crippen LogP contribution >= 0.6 is 0 Å². The number of carbonyl (C=O) groups is 2. The van der Waals surface area contributed by atoms with Crippen molar-refractivity contribution in [2.24, 2.45) is 17.3 Å². The van der Waals surface area contributed by atoms with E-state index < -0.39 is 11.4 Å². The van der Waals surface area contributed by atoms with Crippen LogP contribution in [0.15, 0.2) is 0 Å². The molecule has 1 unspecified atom stereocenters. The van der Waals surface area contributed by atoms with E-state index in [-0.39, 0.29) is 12.3 Å². The molecule has 4 heteroatoms. The third kappa shape index (κ3) is 3.45. The maximum Gasteiger partial charge on any atom is 0.310 e. The SMILES string of the molecule is CC(C)C(C)CNC(=O)CC1(C(=O)O)CCC1. The molecule has 0 radical (unpaired) electrons. The zero-order valence-corrected chi connectivity index (χ0v) is 11.0. The van der Waals surface area contributed by atoms with E-state index in [1.54, 1.807) is 0 Å². The van der Waals surface area contributed by atoms with Crippen LogP contribution in [-0.4, -0.2) is 23.5 Å². The maximum atomic E-state index is 11.7. The zero-order chi connectivity index (χ0) is 13.1. The van der Waals surface area contributed by atoms with E-state index in [9.17, 15) is 9.59 Å². The highest BCUT2D eigenvalue weighted by Crippen LogP contribution is 2.44. The van der Waals surface area contributed by atoms with Gasteiger partial charge in [0.25, 0.3) is 0 Å². The Balaban J connectivity index is 2.37. The molecule has 0 aromatic heterocycles. The fourth-order valence-electron chi connectivity index (χ4n) is 1.95. The van der Waals surface area contributed by atoms with Gasteiger partial charge >= 0.3 is 5.97 Å². The lowest BCUT2D eigenvalue weighted by atomic mass is 9.66. The van der Waals surface area contributed by atoms with Crippen LogP contribution in [0.2, 0.25) is 0 Å². The molecule has 0 saturated heterocycles. The van der Waals surface area contributed by atoms with Crippen molar-refractivity contribution in [2.45, 2.75) is 46.5 Å². The number of hydrogen-bond donors (Lipinski definition) is 2. The van der Waals surface area contributed by atoms with Gasteiger partial charge in [0.2, 0.25) is 5.91 Å². The Hall–Kier alpha value is -1.06. The average molecular weight is 241 g/mol. The molecule has 0 heterocycles. The Morgan fingerprint density at radius 1 is 1.29 bits per heavy atom. The molecule has 1 amide bonds. The summed E-state index contributed by atoms with van der Waals surface area (Å²) in [7, 11) is 0. The normalized spacial score (nSPS) is 19.5. The molecule has 2 N–H and O–H groups in total. The molecule has 0 aliphatic heterocycles. The van der Waals surface area contributed by atoms with Crippen molar-refractivity contribution in [3.8, 4) is 0 Å². The van der Waals surface area contributed by atoms with Crippen LogP contribution in [0.3, 0.4) is 0 Å². The Bertz CT molecular complexity index is 295. The lowest BCUT2D eigenvalue weighted by Crippen LogP contribution is -2.43. The number of aliphatic carboxylic acids is 1. The van der Waals surface area contributed by atoms with Crippen molar-refractivity contribution < 1.29 is 14.7 Å². The molecule has 0 spiro atoms. The largest absolute Gasteiger partial charge is 0.481 e. The Morgan fingerprint density at radius 3 is 2.24 bits per heavy atom. The minimum Gasteiger partial charge on any atom is -0.481 e. The second-order valence-corrected chi connectivity index (χ2v) is 5.64. The van der Waals surface area contributed by atoms with E-state index >= 15 is 0 Å². The summed E-state index contributed by atoms with van der Waals surface area (Å²) >= 11 is 0. The number of hydrogen-bond acceptors (Lipinski definition) is 2. The van der Waals surface area contributed by atoms with E-state index in [1.165, 1.54) is 0 Å². The number of carbonyl (C=O) groups excluding carboxylic acids is 1. The molecule has 1 atom stereocenters. The molecule has 1 fully saturated rings. The molecule has 1 saturated carbocycles. The highest BCUT2D eigenvalue weighted by molar-refractivity contribution is 5.85. The lowest BCUT2D eigenvalue weighted by Gasteiger charge is -2.37. The van der Waals surface area contributed by atoms with Crippen LogP contribution in [0, 0.1) is 17.3 Å². The van der Waals surface area contributed by atoms with Gasteiger partial charge in [0.05, 0.1) is 5.41 Å². The number of rotatable bonds is 6. The molecule has 4 nitrogen and oxygen atoms in total. The summed E-state index contributed by atoms with van der Waals surface area (Å²) < 4.78 is 0. The van der Waals surface area contributed by atoms with Gasteiger partial charge in [-0.25, -0.2) is 0 Å². The van der Waals surface area contributed by atoms with E-state index in [2.05, 4.69) is 26.1 Å². The highest BCUT2D eigenvalue weighted by Gasteiger charge is 2.45. The van der Waals surface area contributed by atoms with E-state index in [1.807, 2.05) is 0 Å². The summed E-state index contributed by atoms with van der Waals surface area (Å²) in [6, 6.07) is 0. The van der Waals surface area contributed by atoms with Gasteiger partial charge in [-0.05, 0) is 24.7 Å². The Labute approximate surface area is 103 Å². The summed E-state index contributed by atoms with van der Waals surface area (Å²) in [6.07, 6.45) is 2.32. The van der Waals surface area contributed by atoms with Gasteiger partial charge in [0, 0.05) is 13.0 Å². The fourth-order valence-corrected chi connectivity index (χ4v) is 1.95. The minimum atomic E-state index is -0.823. The average Bonchev–Trinajstić information content (AvgIpc) is 2.19. The molecule has 0 aromatic carbocycles. The number of carboxylic acids is 1. The van der Waals surface area contributed by atoms with Gasteiger partial charge in [-0.3, -0.25) is 9.59 Å². The summed E-state index contributed by atoms with van der Waals surface area (Å²) in [6.45, 7) is 6.94. The van der Waals surface area contributed by atoms with Gasteiger partial charge < -0.3 is 10.4 Å². The monoisotopic (exact) mass is 241 g/mol. The molecule has 1 aliphatic rings. The molecule has 1 aliphatic carbocycles. The minimum absolute atomic E-state index is 0.125. The van der Waals surface area contributed by atoms with Gasteiger partial charge in [-0.1, -0.05) is 27.2 Å². The van der Waals surface area contributed by atoms with Crippen LogP contribution in [0.25, 0.3) is 0 Å². The van der Waals surface area contributed by atoms with Crippen molar-refractivity contribution in [2.75, 3.05) is 6.54 Å². The summed E-state index contributed by atoms with van der Waals surface area (Å²) in [4.78, 5) is 22.8. The first-order chi connectivity index (χ1) is 7.87. The van der Waals surface area contributed by atoms with Gasteiger partial charge in [-0.2, -0.15) is 0 Å². The van der Waals surface area contributed by atoms with Crippen LogP contribution < -0.4 is 5.32 Å². The smallest absolute Gasteiger partial charge is 0.310 e. The van der Waals surface area contributed by atoms with Gasteiger partial charge in [0.15, 0.2) is 0 Å². The third-order valence-corrected chi connectivity index (χ3v) is 4.02. The van der Waals surface area contributed by atoms with Crippen molar-refractivity contribution in [1.29, 1.82) is 0 Å². The van der Waals surface area contributed by atoms with Crippen molar-refractivity contribution >= 4 is 11.9 Å². The lowest BCUT2D eigenvalue weighted by molar-refractivity contribution is -0.157. The molecule has 0 aromatic rings. The molecule has 98 valence electrons. The fraction of sp³-hybridized carbons (Fsp3) is 0.846. The second kappa shape index (κ2) is 5.52. The summed E-state index contributed by atoms with van der Waals surface area (Å²) in [5, 5.41) is 12.0. The second-order valence-electron chi connectivity index (χ2n) is 5.64. The van der Waals surface area contributed by atoms with Crippen molar-refractivity contribution in [3.63, 3.8) is 0 Å².